The second-order valence-electron chi connectivity index (χ2n) is 6.09. The zero-order valence-corrected chi connectivity index (χ0v) is 15.9. The normalized spacial score (nSPS) is 15.8. The Morgan fingerprint density at radius 1 is 1.31 bits per heavy atom. The van der Waals surface area contributed by atoms with Crippen molar-refractivity contribution in [1.29, 1.82) is 0 Å². The van der Waals surface area contributed by atoms with E-state index in [0.717, 1.165) is 24.2 Å². The van der Waals surface area contributed by atoms with Crippen LogP contribution in [0.2, 0.25) is 0 Å². The molecule has 7 nitrogen and oxygen atoms in total. The molecule has 0 saturated heterocycles. The summed E-state index contributed by atoms with van der Waals surface area (Å²) in [4.78, 5) is 5.36. The van der Waals surface area contributed by atoms with Gasteiger partial charge in [0.25, 0.3) is 5.89 Å². The van der Waals surface area contributed by atoms with Crippen LogP contribution in [0.15, 0.2) is 45.1 Å². The third-order valence-electron chi connectivity index (χ3n) is 4.59. The average molecular weight is 391 g/mol. The van der Waals surface area contributed by atoms with E-state index in [-0.39, 0.29) is 10.3 Å². The van der Waals surface area contributed by atoms with Crippen molar-refractivity contribution < 1.29 is 17.7 Å². The lowest BCUT2D eigenvalue weighted by Gasteiger charge is -2.12. The Hall–Kier alpha value is -2.23. The molecule has 0 atom stereocenters. The summed E-state index contributed by atoms with van der Waals surface area (Å²) >= 11 is 1.26. The number of ether oxygens (including phenoxy) is 1. The van der Waals surface area contributed by atoms with E-state index < -0.39 is 10.0 Å². The first-order valence-electron chi connectivity index (χ1n) is 8.00. The van der Waals surface area contributed by atoms with E-state index in [0.29, 0.717) is 16.6 Å². The van der Waals surface area contributed by atoms with Crippen molar-refractivity contribution in [2.24, 2.45) is 0 Å². The molecule has 9 heteroatoms. The van der Waals surface area contributed by atoms with Crippen LogP contribution in [0.1, 0.15) is 24.2 Å². The molecule has 0 bridgehead atoms. The molecule has 4 rings (SSSR count). The topological polar surface area (TPSA) is 94.3 Å². The van der Waals surface area contributed by atoms with Gasteiger partial charge in [0.15, 0.2) is 5.82 Å². The van der Waals surface area contributed by atoms with Gasteiger partial charge in [-0.1, -0.05) is 17.3 Å². The van der Waals surface area contributed by atoms with Crippen molar-refractivity contribution in [1.82, 2.24) is 14.9 Å². The number of methoxy groups -OCH3 is 1. The van der Waals surface area contributed by atoms with Crippen molar-refractivity contribution in [3.05, 3.63) is 47.1 Å². The monoisotopic (exact) mass is 391 g/mol. The van der Waals surface area contributed by atoms with Crippen molar-refractivity contribution >= 4 is 21.4 Å². The zero-order chi connectivity index (χ0) is 18.4. The fraction of sp³-hybridized carbons (Fsp3) is 0.294. The number of sulfonamides is 1. The summed E-state index contributed by atoms with van der Waals surface area (Å²) in [6, 6.07) is 9.42. The smallest absolute Gasteiger partial charge is 0.268 e. The molecular formula is C17H17N3O4S2. The van der Waals surface area contributed by atoms with E-state index in [1.165, 1.54) is 18.4 Å². The fourth-order valence-corrected chi connectivity index (χ4v) is 4.82. The van der Waals surface area contributed by atoms with Gasteiger partial charge >= 0.3 is 0 Å². The van der Waals surface area contributed by atoms with Crippen LogP contribution in [-0.4, -0.2) is 32.7 Å². The summed E-state index contributed by atoms with van der Waals surface area (Å²) in [5.41, 5.74) is 0.835. The number of nitrogens with zero attached hydrogens (tertiary/aromatic N) is 2. The quantitative estimate of drug-likeness (QED) is 0.694. The van der Waals surface area contributed by atoms with Gasteiger partial charge in [-0.15, -0.1) is 11.3 Å². The number of hydrogen-bond donors (Lipinski definition) is 1. The Labute approximate surface area is 155 Å². The van der Waals surface area contributed by atoms with Gasteiger partial charge in [0.1, 0.15) is 5.75 Å². The molecule has 3 aromatic rings. The molecule has 0 radical (unpaired) electrons. The lowest BCUT2D eigenvalue weighted by atomic mass is 9.95. The SMILES string of the molecule is CNS(=O)(=O)c1csc(-c2nc(C3(c4cccc(OC)c4)CC3)no2)c1. The summed E-state index contributed by atoms with van der Waals surface area (Å²) in [5.74, 6) is 1.74. The van der Waals surface area contributed by atoms with E-state index in [1.807, 2.05) is 24.3 Å². The van der Waals surface area contributed by atoms with Gasteiger partial charge in [-0.25, -0.2) is 13.1 Å². The molecule has 0 spiro atoms. The molecule has 2 aromatic heterocycles. The summed E-state index contributed by atoms with van der Waals surface area (Å²) in [6.07, 6.45) is 1.87. The molecule has 26 heavy (non-hydrogen) atoms. The Morgan fingerprint density at radius 2 is 2.12 bits per heavy atom. The maximum atomic E-state index is 11.9. The fourth-order valence-electron chi connectivity index (χ4n) is 2.89. The highest BCUT2D eigenvalue weighted by atomic mass is 32.2. The number of benzene rings is 1. The highest BCUT2D eigenvalue weighted by Crippen LogP contribution is 2.53. The number of nitrogens with one attached hydrogen (secondary N) is 1. The molecule has 0 amide bonds. The molecular weight excluding hydrogens is 374 g/mol. The number of thiophene rings is 1. The minimum absolute atomic E-state index is 0.189. The van der Waals surface area contributed by atoms with Gasteiger partial charge in [-0.2, -0.15) is 4.98 Å². The first kappa shape index (κ1) is 17.2. The summed E-state index contributed by atoms with van der Waals surface area (Å²) in [5, 5.41) is 5.72. The third kappa shape index (κ3) is 2.81. The molecule has 1 saturated carbocycles. The van der Waals surface area contributed by atoms with Crippen LogP contribution in [-0.2, 0) is 15.4 Å². The highest BCUT2D eigenvalue weighted by Gasteiger charge is 2.50. The lowest BCUT2D eigenvalue weighted by molar-refractivity contribution is 0.411. The average Bonchev–Trinajstić information content (AvgIpc) is 3.09. The predicted octanol–water partition coefficient (Wildman–Crippen LogP) is 2.79. The van der Waals surface area contributed by atoms with Crippen LogP contribution in [0, 0.1) is 0 Å². The van der Waals surface area contributed by atoms with Crippen molar-refractivity contribution in [3.63, 3.8) is 0 Å². The zero-order valence-electron chi connectivity index (χ0n) is 14.2. The molecule has 1 fully saturated rings. The molecule has 2 heterocycles. The van der Waals surface area contributed by atoms with E-state index in [2.05, 4.69) is 14.9 Å². The molecule has 1 aromatic carbocycles. The van der Waals surface area contributed by atoms with Gasteiger partial charge in [0, 0.05) is 5.38 Å². The van der Waals surface area contributed by atoms with Crippen LogP contribution in [0.25, 0.3) is 10.8 Å². The maximum Gasteiger partial charge on any atom is 0.268 e. The Balaban J connectivity index is 1.66. The molecule has 1 aliphatic carbocycles. The van der Waals surface area contributed by atoms with Crippen molar-refractivity contribution in [2.45, 2.75) is 23.2 Å². The summed E-state index contributed by atoms with van der Waals surface area (Å²) in [6.45, 7) is 0. The predicted molar refractivity (Wildman–Crippen MR) is 96.9 cm³/mol. The first-order chi connectivity index (χ1) is 12.5. The van der Waals surface area contributed by atoms with Gasteiger partial charge in [-0.05, 0) is 43.7 Å². The van der Waals surface area contributed by atoms with Crippen LogP contribution in [0.5, 0.6) is 5.75 Å². The van der Waals surface area contributed by atoms with E-state index in [9.17, 15) is 8.42 Å². The number of aromatic nitrogens is 2. The standard InChI is InChI=1S/C17H17N3O4S2/c1-18-26(21,22)13-9-14(25-10-13)15-19-16(20-24-15)17(6-7-17)11-4-3-5-12(8-11)23-2/h3-5,8-10,18H,6-7H2,1-2H3. The Bertz CT molecular complexity index is 1050. The molecule has 1 N–H and O–H groups in total. The number of hydrogen-bond acceptors (Lipinski definition) is 7. The van der Waals surface area contributed by atoms with Gasteiger partial charge in [0.2, 0.25) is 10.0 Å². The van der Waals surface area contributed by atoms with Crippen molar-refractivity contribution in [3.8, 4) is 16.5 Å². The Morgan fingerprint density at radius 3 is 2.81 bits per heavy atom. The third-order valence-corrected chi connectivity index (χ3v) is 7.05. The van der Waals surface area contributed by atoms with Gasteiger partial charge < -0.3 is 9.26 Å². The van der Waals surface area contributed by atoms with E-state index in [4.69, 9.17) is 9.26 Å². The largest absolute Gasteiger partial charge is 0.497 e. The number of rotatable bonds is 6. The van der Waals surface area contributed by atoms with Crippen LogP contribution in [0.3, 0.4) is 0 Å². The summed E-state index contributed by atoms with van der Waals surface area (Å²) in [7, 11) is -0.474. The van der Waals surface area contributed by atoms with Gasteiger partial charge in [0.05, 0.1) is 22.3 Å². The molecule has 0 aliphatic heterocycles. The van der Waals surface area contributed by atoms with Crippen molar-refractivity contribution in [2.75, 3.05) is 14.2 Å². The second-order valence-corrected chi connectivity index (χ2v) is 8.89. The van der Waals surface area contributed by atoms with E-state index in [1.54, 1.807) is 18.6 Å². The summed E-state index contributed by atoms with van der Waals surface area (Å²) < 4.78 is 36.8. The molecule has 1 aliphatic rings. The maximum absolute atomic E-state index is 11.9. The van der Waals surface area contributed by atoms with Crippen LogP contribution < -0.4 is 9.46 Å². The first-order valence-corrected chi connectivity index (χ1v) is 10.4. The van der Waals surface area contributed by atoms with Crippen LogP contribution in [0.4, 0.5) is 0 Å². The Kier molecular flexibility index (Phi) is 4.09. The minimum Gasteiger partial charge on any atom is -0.497 e. The second kappa shape index (κ2) is 6.19. The van der Waals surface area contributed by atoms with Gasteiger partial charge in [-0.3, -0.25) is 0 Å². The molecule has 136 valence electrons. The van der Waals surface area contributed by atoms with Crippen LogP contribution >= 0.6 is 11.3 Å². The lowest BCUT2D eigenvalue weighted by Crippen LogP contribution is -2.17. The molecule has 0 unspecified atom stereocenters. The highest BCUT2D eigenvalue weighted by molar-refractivity contribution is 7.89. The minimum atomic E-state index is -3.49. The van der Waals surface area contributed by atoms with E-state index >= 15 is 0 Å².